The second-order valence-electron chi connectivity index (χ2n) is 8.79. The predicted octanol–water partition coefficient (Wildman–Crippen LogP) is 6.42. The fraction of sp³-hybridized carbons (Fsp3) is 0.133. The van der Waals surface area contributed by atoms with E-state index >= 15 is 0 Å². The van der Waals surface area contributed by atoms with Gasteiger partial charge in [0.1, 0.15) is 5.82 Å². The second kappa shape index (κ2) is 8.64. The number of para-hydroxylation sites is 2. The van der Waals surface area contributed by atoms with Crippen LogP contribution in [0.15, 0.2) is 103 Å². The highest BCUT2D eigenvalue weighted by molar-refractivity contribution is 6.05. The van der Waals surface area contributed by atoms with Crippen LogP contribution in [0.3, 0.4) is 0 Å². The summed E-state index contributed by atoms with van der Waals surface area (Å²) in [5, 5.41) is 2.26. The third-order valence-corrected chi connectivity index (χ3v) is 6.63. The van der Waals surface area contributed by atoms with Gasteiger partial charge in [-0.2, -0.15) is 0 Å². The third kappa shape index (κ3) is 3.67. The van der Waals surface area contributed by atoms with Crippen LogP contribution in [0.4, 0.5) is 5.69 Å². The molecule has 0 N–H and O–H groups in total. The van der Waals surface area contributed by atoms with Crippen molar-refractivity contribution in [1.29, 1.82) is 0 Å². The molecule has 0 saturated carbocycles. The molecule has 1 aromatic heterocycles. The van der Waals surface area contributed by atoms with Gasteiger partial charge in [-0.05, 0) is 29.1 Å². The van der Waals surface area contributed by atoms with Crippen molar-refractivity contribution in [2.24, 2.45) is 0 Å². The van der Waals surface area contributed by atoms with E-state index in [1.165, 1.54) is 5.56 Å². The molecular weight excluding hydrogens is 418 g/mol. The van der Waals surface area contributed by atoms with Gasteiger partial charge in [-0.25, -0.2) is 4.98 Å². The summed E-state index contributed by atoms with van der Waals surface area (Å²) in [7, 11) is 0. The molecule has 4 aromatic carbocycles. The van der Waals surface area contributed by atoms with Crippen molar-refractivity contribution in [3.8, 4) is 0 Å². The minimum atomic E-state index is 0.0454. The number of hydrogen-bond donors (Lipinski definition) is 0. The van der Waals surface area contributed by atoms with Gasteiger partial charge in [0.05, 0.1) is 16.7 Å². The SMILES string of the molecule is O=C1CC(c2nc3ccccc3n2C/C=C/c2ccccc2)CN1c1cccc2ccccc12. The van der Waals surface area contributed by atoms with E-state index in [1.54, 1.807) is 0 Å². The molecule has 1 saturated heterocycles. The Hall–Kier alpha value is -4.18. The number of nitrogens with zero attached hydrogens (tertiary/aromatic N) is 3. The molecule has 4 heteroatoms. The summed E-state index contributed by atoms with van der Waals surface area (Å²) in [4.78, 5) is 20.1. The summed E-state index contributed by atoms with van der Waals surface area (Å²) in [6.45, 7) is 1.35. The molecule has 1 aliphatic heterocycles. The van der Waals surface area contributed by atoms with Crippen molar-refractivity contribution in [3.63, 3.8) is 0 Å². The monoisotopic (exact) mass is 443 g/mol. The fourth-order valence-corrected chi connectivity index (χ4v) is 5.01. The van der Waals surface area contributed by atoms with Gasteiger partial charge in [-0.1, -0.05) is 91.0 Å². The number of carbonyl (C=O) groups is 1. The zero-order valence-corrected chi connectivity index (χ0v) is 18.8. The predicted molar refractivity (Wildman–Crippen MR) is 139 cm³/mol. The molecule has 5 aromatic rings. The summed E-state index contributed by atoms with van der Waals surface area (Å²) in [6.07, 6.45) is 4.78. The molecule has 0 spiro atoms. The van der Waals surface area contributed by atoms with Gasteiger partial charge < -0.3 is 9.47 Å². The largest absolute Gasteiger partial charge is 0.324 e. The van der Waals surface area contributed by atoms with Gasteiger partial charge in [0, 0.05) is 30.8 Å². The second-order valence-corrected chi connectivity index (χ2v) is 8.79. The average Bonchev–Trinajstić information content (AvgIpc) is 3.45. The van der Waals surface area contributed by atoms with E-state index in [2.05, 4.69) is 59.2 Å². The lowest BCUT2D eigenvalue weighted by atomic mass is 10.1. The van der Waals surface area contributed by atoms with Crippen molar-refractivity contribution in [3.05, 3.63) is 115 Å². The van der Waals surface area contributed by atoms with E-state index in [0.717, 1.165) is 33.3 Å². The number of imidazole rings is 1. The highest BCUT2D eigenvalue weighted by atomic mass is 16.2. The van der Waals surface area contributed by atoms with Gasteiger partial charge in [-0.15, -0.1) is 0 Å². The number of amides is 1. The normalized spacial score (nSPS) is 16.3. The van der Waals surface area contributed by atoms with Crippen molar-refractivity contribution < 1.29 is 4.79 Å². The van der Waals surface area contributed by atoms with Crippen LogP contribution in [0.2, 0.25) is 0 Å². The molecule has 166 valence electrons. The number of rotatable bonds is 5. The molecule has 0 aliphatic carbocycles. The summed E-state index contributed by atoms with van der Waals surface area (Å²) in [5.41, 5.74) is 4.23. The van der Waals surface area contributed by atoms with Crippen molar-refractivity contribution >= 4 is 39.5 Å². The summed E-state index contributed by atoms with van der Waals surface area (Å²) in [5.74, 6) is 1.18. The maximum absolute atomic E-state index is 13.2. The van der Waals surface area contributed by atoms with Gasteiger partial charge in [0.15, 0.2) is 0 Å². The number of carbonyl (C=O) groups excluding carboxylic acids is 1. The molecule has 1 atom stereocenters. The molecule has 1 amide bonds. The minimum absolute atomic E-state index is 0.0454. The Morgan fingerprint density at radius 2 is 1.62 bits per heavy atom. The van der Waals surface area contributed by atoms with Gasteiger partial charge >= 0.3 is 0 Å². The zero-order chi connectivity index (χ0) is 22.9. The Morgan fingerprint density at radius 3 is 2.53 bits per heavy atom. The maximum Gasteiger partial charge on any atom is 0.227 e. The first-order chi connectivity index (χ1) is 16.8. The van der Waals surface area contributed by atoms with Gasteiger partial charge in [0.25, 0.3) is 0 Å². The van der Waals surface area contributed by atoms with Crippen molar-refractivity contribution in [2.45, 2.75) is 18.9 Å². The van der Waals surface area contributed by atoms with E-state index < -0.39 is 0 Å². The van der Waals surface area contributed by atoms with E-state index in [9.17, 15) is 4.79 Å². The van der Waals surface area contributed by atoms with Crippen LogP contribution in [0, 0.1) is 0 Å². The van der Waals surface area contributed by atoms with Crippen LogP contribution < -0.4 is 4.90 Å². The number of fused-ring (bicyclic) bond motifs is 2. The van der Waals surface area contributed by atoms with E-state index in [0.29, 0.717) is 19.5 Å². The molecule has 34 heavy (non-hydrogen) atoms. The molecule has 2 heterocycles. The quantitative estimate of drug-likeness (QED) is 0.314. The average molecular weight is 444 g/mol. The lowest BCUT2D eigenvalue weighted by Gasteiger charge is -2.19. The van der Waals surface area contributed by atoms with Crippen LogP contribution in [0.25, 0.3) is 27.9 Å². The molecule has 0 radical (unpaired) electrons. The first-order valence-electron chi connectivity index (χ1n) is 11.7. The molecule has 6 rings (SSSR count). The van der Waals surface area contributed by atoms with Crippen LogP contribution in [-0.2, 0) is 11.3 Å². The highest BCUT2D eigenvalue weighted by Gasteiger charge is 2.35. The minimum Gasteiger partial charge on any atom is -0.324 e. The van der Waals surface area contributed by atoms with E-state index in [-0.39, 0.29) is 11.8 Å². The Kier molecular flexibility index (Phi) is 5.19. The standard InChI is InChI=1S/C30H25N3O/c34-29-20-24(21-33(29)27-18-8-14-23-13-4-5-15-25(23)27)30-31-26-16-6-7-17-28(26)32(30)19-9-12-22-10-2-1-3-11-22/h1-18,24H,19-21H2/b12-9+. The zero-order valence-electron chi connectivity index (χ0n) is 18.8. The number of allylic oxidation sites excluding steroid dienone is 1. The first kappa shape index (κ1) is 20.4. The molecule has 4 nitrogen and oxygen atoms in total. The molecule has 1 aliphatic rings. The lowest BCUT2D eigenvalue weighted by molar-refractivity contribution is -0.117. The Labute approximate surface area is 198 Å². The van der Waals surface area contributed by atoms with Crippen LogP contribution in [0.1, 0.15) is 23.7 Å². The Balaban J connectivity index is 1.35. The molecule has 0 bridgehead atoms. The molecule has 1 fully saturated rings. The van der Waals surface area contributed by atoms with Gasteiger partial charge in [0.2, 0.25) is 5.91 Å². The van der Waals surface area contributed by atoms with Crippen molar-refractivity contribution in [1.82, 2.24) is 9.55 Å². The number of hydrogen-bond acceptors (Lipinski definition) is 2. The molecule has 1 unspecified atom stereocenters. The first-order valence-corrected chi connectivity index (χ1v) is 11.7. The smallest absolute Gasteiger partial charge is 0.227 e. The van der Waals surface area contributed by atoms with Crippen LogP contribution >= 0.6 is 0 Å². The van der Waals surface area contributed by atoms with Crippen LogP contribution in [0.5, 0.6) is 0 Å². The third-order valence-electron chi connectivity index (χ3n) is 6.63. The maximum atomic E-state index is 13.2. The lowest BCUT2D eigenvalue weighted by Crippen LogP contribution is -2.24. The Morgan fingerprint density at radius 1 is 0.853 bits per heavy atom. The highest BCUT2D eigenvalue weighted by Crippen LogP contribution is 2.36. The fourth-order valence-electron chi connectivity index (χ4n) is 5.01. The Bertz CT molecular complexity index is 1510. The number of aromatic nitrogens is 2. The van der Waals surface area contributed by atoms with Crippen LogP contribution in [-0.4, -0.2) is 22.0 Å². The van der Waals surface area contributed by atoms with E-state index in [1.807, 2.05) is 59.5 Å². The molecular formula is C30H25N3O. The summed E-state index contributed by atoms with van der Waals surface area (Å²) >= 11 is 0. The topological polar surface area (TPSA) is 38.1 Å². The summed E-state index contributed by atoms with van der Waals surface area (Å²) in [6, 6.07) is 33.0. The van der Waals surface area contributed by atoms with E-state index in [4.69, 9.17) is 4.98 Å². The summed E-state index contributed by atoms with van der Waals surface area (Å²) < 4.78 is 2.26. The van der Waals surface area contributed by atoms with Crippen molar-refractivity contribution in [2.75, 3.05) is 11.4 Å². The number of anilines is 1. The van der Waals surface area contributed by atoms with Gasteiger partial charge in [-0.3, -0.25) is 4.79 Å². The number of benzene rings is 4.